The summed E-state index contributed by atoms with van der Waals surface area (Å²) < 4.78 is 1.36. The molecule has 0 bridgehead atoms. The third kappa shape index (κ3) is 4.08. The maximum Gasteiger partial charge on any atom is 0.331 e. The van der Waals surface area contributed by atoms with Gasteiger partial charge in [-0.25, -0.2) is 4.79 Å². The van der Waals surface area contributed by atoms with Crippen LogP contribution in [0, 0.1) is 5.92 Å². The minimum absolute atomic E-state index is 0.0143. The molecular formula is C16H25N3O3. The monoisotopic (exact) mass is 307 g/mol. The molecule has 0 radical (unpaired) electrons. The predicted molar refractivity (Wildman–Crippen MR) is 83.6 cm³/mol. The topological polar surface area (TPSA) is 84.2 Å². The summed E-state index contributed by atoms with van der Waals surface area (Å²) in [7, 11) is 0. The van der Waals surface area contributed by atoms with Crippen LogP contribution >= 0.6 is 0 Å². The highest BCUT2D eigenvalue weighted by molar-refractivity contribution is 5.90. The van der Waals surface area contributed by atoms with Crippen LogP contribution in [-0.4, -0.2) is 26.8 Å². The highest BCUT2D eigenvalue weighted by Gasteiger charge is 2.30. The van der Waals surface area contributed by atoms with Gasteiger partial charge >= 0.3 is 5.97 Å². The highest BCUT2D eigenvalue weighted by Crippen LogP contribution is 2.26. The molecule has 122 valence electrons. The van der Waals surface area contributed by atoms with Crippen molar-refractivity contribution in [1.82, 2.24) is 9.78 Å². The molecule has 1 aliphatic rings. The first kappa shape index (κ1) is 16.5. The van der Waals surface area contributed by atoms with E-state index in [1.54, 1.807) is 20.0 Å². The van der Waals surface area contributed by atoms with Crippen molar-refractivity contribution in [3.8, 4) is 0 Å². The highest BCUT2D eigenvalue weighted by atomic mass is 16.4. The van der Waals surface area contributed by atoms with Crippen LogP contribution < -0.4 is 5.32 Å². The zero-order chi connectivity index (χ0) is 16.2. The number of aliphatic carboxylic acids is 1. The van der Waals surface area contributed by atoms with Crippen LogP contribution in [0.2, 0.25) is 0 Å². The van der Waals surface area contributed by atoms with Crippen molar-refractivity contribution in [2.75, 3.05) is 5.32 Å². The lowest BCUT2D eigenvalue weighted by molar-refractivity contribution is -0.146. The van der Waals surface area contributed by atoms with Crippen LogP contribution in [-0.2, 0) is 15.1 Å². The number of aromatic nitrogens is 2. The Morgan fingerprint density at radius 3 is 2.55 bits per heavy atom. The molecule has 6 nitrogen and oxygen atoms in total. The van der Waals surface area contributed by atoms with Crippen LogP contribution in [0.25, 0.3) is 0 Å². The van der Waals surface area contributed by atoms with Crippen molar-refractivity contribution in [3.05, 3.63) is 12.4 Å². The lowest BCUT2D eigenvalue weighted by Gasteiger charge is -2.19. The fraction of sp³-hybridized carbons (Fsp3) is 0.688. The zero-order valence-corrected chi connectivity index (χ0v) is 13.3. The van der Waals surface area contributed by atoms with E-state index in [4.69, 9.17) is 0 Å². The summed E-state index contributed by atoms with van der Waals surface area (Å²) in [4.78, 5) is 23.3. The van der Waals surface area contributed by atoms with E-state index in [-0.39, 0.29) is 5.91 Å². The molecule has 0 saturated heterocycles. The number of amides is 1. The van der Waals surface area contributed by atoms with Gasteiger partial charge in [-0.2, -0.15) is 5.10 Å². The van der Waals surface area contributed by atoms with Gasteiger partial charge in [-0.3, -0.25) is 9.48 Å². The summed E-state index contributed by atoms with van der Waals surface area (Å²) in [5, 5.41) is 16.1. The number of carbonyl (C=O) groups excluding carboxylic acids is 1. The first-order chi connectivity index (χ1) is 10.4. The smallest absolute Gasteiger partial charge is 0.331 e. The normalized spacial score (nSPS) is 17.0. The van der Waals surface area contributed by atoms with E-state index in [0.29, 0.717) is 18.0 Å². The van der Waals surface area contributed by atoms with Crippen LogP contribution in [0.3, 0.4) is 0 Å². The molecule has 0 atom stereocenters. The molecule has 0 aromatic carbocycles. The number of nitrogens with one attached hydrogen (secondary N) is 1. The largest absolute Gasteiger partial charge is 0.479 e. The SMILES string of the molecule is CC(C)(C(=O)O)n1cc(NC(=O)CC2CCCCCC2)cn1. The summed E-state index contributed by atoms with van der Waals surface area (Å²) >= 11 is 0. The third-order valence-corrected chi connectivity index (χ3v) is 4.41. The molecule has 6 heteroatoms. The van der Waals surface area contributed by atoms with Gasteiger partial charge in [0.2, 0.25) is 5.91 Å². The maximum atomic E-state index is 12.1. The van der Waals surface area contributed by atoms with Gasteiger partial charge in [-0.1, -0.05) is 25.7 Å². The Labute approximate surface area is 130 Å². The van der Waals surface area contributed by atoms with Gasteiger partial charge in [0.15, 0.2) is 5.54 Å². The second kappa shape index (κ2) is 6.94. The number of hydrogen-bond donors (Lipinski definition) is 2. The lowest BCUT2D eigenvalue weighted by Crippen LogP contribution is -2.35. The van der Waals surface area contributed by atoms with Crippen LogP contribution in [0.5, 0.6) is 0 Å². The van der Waals surface area contributed by atoms with Gasteiger partial charge in [0.05, 0.1) is 11.9 Å². The van der Waals surface area contributed by atoms with Crippen molar-refractivity contribution in [2.45, 2.75) is 64.3 Å². The summed E-state index contributed by atoms with van der Waals surface area (Å²) in [6.07, 6.45) is 10.8. The average molecular weight is 307 g/mol. The zero-order valence-electron chi connectivity index (χ0n) is 13.3. The summed E-state index contributed by atoms with van der Waals surface area (Å²) in [5.41, 5.74) is -0.586. The number of hydrogen-bond acceptors (Lipinski definition) is 3. The maximum absolute atomic E-state index is 12.1. The van der Waals surface area contributed by atoms with E-state index >= 15 is 0 Å². The Balaban J connectivity index is 1.92. The van der Waals surface area contributed by atoms with E-state index in [0.717, 1.165) is 12.8 Å². The molecule has 1 aliphatic carbocycles. The molecular weight excluding hydrogens is 282 g/mol. The predicted octanol–water partition coefficient (Wildman–Crippen LogP) is 3.00. The van der Waals surface area contributed by atoms with Crippen molar-refractivity contribution in [3.63, 3.8) is 0 Å². The third-order valence-electron chi connectivity index (χ3n) is 4.41. The fourth-order valence-corrected chi connectivity index (χ4v) is 2.83. The van der Waals surface area contributed by atoms with Gasteiger partial charge in [0.1, 0.15) is 0 Å². The fourth-order valence-electron chi connectivity index (χ4n) is 2.83. The molecule has 2 N–H and O–H groups in total. The van der Waals surface area contributed by atoms with Crippen molar-refractivity contribution in [2.24, 2.45) is 5.92 Å². The van der Waals surface area contributed by atoms with E-state index < -0.39 is 11.5 Å². The second-order valence-corrected chi connectivity index (χ2v) is 6.65. The van der Waals surface area contributed by atoms with Crippen LogP contribution in [0.1, 0.15) is 58.8 Å². The molecule has 1 heterocycles. The summed E-state index contributed by atoms with van der Waals surface area (Å²) in [6.45, 7) is 3.14. The van der Waals surface area contributed by atoms with Gasteiger partial charge in [0, 0.05) is 12.6 Å². The quantitative estimate of drug-likeness (QED) is 0.819. The van der Waals surface area contributed by atoms with Crippen LogP contribution in [0.15, 0.2) is 12.4 Å². The number of carbonyl (C=O) groups is 2. The Morgan fingerprint density at radius 1 is 1.32 bits per heavy atom. The van der Waals surface area contributed by atoms with Crippen molar-refractivity contribution < 1.29 is 14.7 Å². The first-order valence-corrected chi connectivity index (χ1v) is 7.98. The number of nitrogens with zero attached hydrogens (tertiary/aromatic N) is 2. The molecule has 0 spiro atoms. The van der Waals surface area contributed by atoms with Gasteiger partial charge < -0.3 is 10.4 Å². The lowest BCUT2D eigenvalue weighted by atomic mass is 9.96. The Bertz CT molecular complexity index is 528. The number of carboxylic acid groups (broad SMARTS) is 1. The van der Waals surface area contributed by atoms with E-state index in [9.17, 15) is 14.7 Å². The van der Waals surface area contributed by atoms with Crippen molar-refractivity contribution in [1.29, 1.82) is 0 Å². The summed E-state index contributed by atoms with van der Waals surface area (Å²) in [5.74, 6) is -0.514. The van der Waals surface area contributed by atoms with Gasteiger partial charge in [0.25, 0.3) is 0 Å². The Hall–Kier alpha value is -1.85. The molecule has 1 amide bonds. The van der Waals surface area contributed by atoms with Gasteiger partial charge in [-0.05, 0) is 32.6 Å². The minimum Gasteiger partial charge on any atom is -0.479 e. The van der Waals surface area contributed by atoms with Crippen LogP contribution in [0.4, 0.5) is 5.69 Å². The van der Waals surface area contributed by atoms with Crippen molar-refractivity contribution >= 4 is 17.6 Å². The molecule has 1 saturated carbocycles. The molecule has 1 fully saturated rings. The standard InChI is InChI=1S/C16H25N3O3/c1-16(2,15(21)22)19-11-13(10-17-19)18-14(20)9-12-7-5-3-4-6-8-12/h10-12H,3-9H2,1-2H3,(H,18,20)(H,21,22). The summed E-state index contributed by atoms with van der Waals surface area (Å²) in [6, 6.07) is 0. The van der Waals surface area contributed by atoms with Gasteiger partial charge in [-0.15, -0.1) is 0 Å². The molecule has 1 aromatic heterocycles. The number of rotatable bonds is 5. The number of carboxylic acids is 1. The molecule has 0 unspecified atom stereocenters. The number of anilines is 1. The molecule has 0 aliphatic heterocycles. The molecule has 2 rings (SSSR count). The Morgan fingerprint density at radius 2 is 1.95 bits per heavy atom. The van der Waals surface area contributed by atoms with E-state index in [1.807, 2.05) is 0 Å². The molecule has 22 heavy (non-hydrogen) atoms. The second-order valence-electron chi connectivity index (χ2n) is 6.65. The molecule has 1 aromatic rings. The minimum atomic E-state index is -1.13. The Kier molecular flexibility index (Phi) is 5.21. The van der Waals surface area contributed by atoms with E-state index in [2.05, 4.69) is 10.4 Å². The average Bonchev–Trinajstić information content (AvgIpc) is 2.76. The van der Waals surface area contributed by atoms with E-state index in [1.165, 1.54) is 36.6 Å². The first-order valence-electron chi connectivity index (χ1n) is 7.98.